The fraction of sp³-hybridized carbons (Fsp3) is 0.167. The highest BCUT2D eigenvalue weighted by Gasteiger charge is 2.21. The third-order valence-electron chi connectivity index (χ3n) is 4.15. The Kier molecular flexibility index (Phi) is 3.14. The molecule has 4 nitrogen and oxygen atoms in total. The van der Waals surface area contributed by atoms with E-state index in [4.69, 9.17) is 22.2 Å². The van der Waals surface area contributed by atoms with E-state index < -0.39 is 0 Å². The summed E-state index contributed by atoms with van der Waals surface area (Å²) in [5.74, 6) is 0. The molecule has 24 heavy (non-hydrogen) atoms. The van der Waals surface area contributed by atoms with E-state index in [9.17, 15) is 0 Å². The molecule has 118 valence electrons. The van der Waals surface area contributed by atoms with Crippen molar-refractivity contribution >= 4 is 65.8 Å². The summed E-state index contributed by atoms with van der Waals surface area (Å²) in [7, 11) is 0. The molecule has 0 radical (unpaired) electrons. The monoisotopic (exact) mass is 350 g/mol. The zero-order chi connectivity index (χ0) is 16.1. The topological polar surface area (TPSA) is 49.8 Å². The Morgan fingerprint density at radius 3 is 2.67 bits per heavy atom. The minimum Gasteiger partial charge on any atom is -0.360 e. The summed E-state index contributed by atoms with van der Waals surface area (Å²) < 4.78 is 1.19. The number of hydrogen-bond acceptors (Lipinski definition) is 4. The number of thiocarbonyl (C=S) groups is 1. The largest absolute Gasteiger partial charge is 0.360 e. The SMILES string of the molecule is S=C(Nc1ccc2sc3nc4ccccc4nc3c2c1)NC1CC1. The van der Waals surface area contributed by atoms with Gasteiger partial charge < -0.3 is 10.6 Å². The molecule has 0 saturated heterocycles. The molecule has 2 heterocycles. The zero-order valence-corrected chi connectivity index (χ0v) is 14.4. The molecule has 2 N–H and O–H groups in total. The first-order chi connectivity index (χ1) is 11.8. The molecule has 2 aromatic heterocycles. The van der Waals surface area contributed by atoms with Crippen LogP contribution >= 0.6 is 23.6 Å². The lowest BCUT2D eigenvalue weighted by Crippen LogP contribution is -2.30. The van der Waals surface area contributed by atoms with Gasteiger partial charge in [-0.1, -0.05) is 12.1 Å². The summed E-state index contributed by atoms with van der Waals surface area (Å²) in [6, 6.07) is 14.8. The summed E-state index contributed by atoms with van der Waals surface area (Å²) in [6.07, 6.45) is 2.41. The van der Waals surface area contributed by atoms with Crippen LogP contribution in [0.4, 0.5) is 5.69 Å². The fourth-order valence-corrected chi connectivity index (χ4v) is 4.09. The smallest absolute Gasteiger partial charge is 0.170 e. The van der Waals surface area contributed by atoms with Crippen LogP contribution in [-0.2, 0) is 0 Å². The molecular formula is C18H14N4S2. The van der Waals surface area contributed by atoms with Gasteiger partial charge in [-0.25, -0.2) is 9.97 Å². The van der Waals surface area contributed by atoms with E-state index in [2.05, 4.69) is 28.8 Å². The van der Waals surface area contributed by atoms with Gasteiger partial charge in [0.25, 0.3) is 0 Å². The first kappa shape index (κ1) is 14.1. The molecular weight excluding hydrogens is 336 g/mol. The molecule has 0 bridgehead atoms. The molecule has 1 aliphatic rings. The third kappa shape index (κ3) is 2.48. The lowest BCUT2D eigenvalue weighted by molar-refractivity contribution is 0.919. The van der Waals surface area contributed by atoms with Crippen LogP contribution in [0.5, 0.6) is 0 Å². The van der Waals surface area contributed by atoms with E-state index in [1.165, 1.54) is 17.5 Å². The van der Waals surface area contributed by atoms with Gasteiger partial charge in [0.1, 0.15) is 10.3 Å². The van der Waals surface area contributed by atoms with Crippen LogP contribution in [0.15, 0.2) is 42.5 Å². The Morgan fingerprint density at radius 2 is 1.88 bits per heavy atom. The first-order valence-electron chi connectivity index (χ1n) is 7.93. The number of rotatable bonds is 2. The van der Waals surface area contributed by atoms with E-state index >= 15 is 0 Å². The average molecular weight is 350 g/mol. The van der Waals surface area contributed by atoms with E-state index in [0.29, 0.717) is 11.2 Å². The molecule has 0 spiro atoms. The van der Waals surface area contributed by atoms with Crippen molar-refractivity contribution in [3.8, 4) is 0 Å². The Labute approximate surface area is 147 Å². The molecule has 6 heteroatoms. The highest BCUT2D eigenvalue weighted by Crippen LogP contribution is 2.34. The van der Waals surface area contributed by atoms with E-state index in [-0.39, 0.29) is 0 Å². The number of nitrogens with zero attached hydrogens (tertiary/aromatic N) is 2. The van der Waals surface area contributed by atoms with Gasteiger partial charge in [-0.05, 0) is 55.4 Å². The maximum atomic E-state index is 5.37. The van der Waals surface area contributed by atoms with Crippen LogP contribution in [0.2, 0.25) is 0 Å². The van der Waals surface area contributed by atoms with Gasteiger partial charge >= 0.3 is 0 Å². The van der Waals surface area contributed by atoms with E-state index in [1.807, 2.05) is 24.3 Å². The molecule has 0 atom stereocenters. The molecule has 2 aromatic carbocycles. The average Bonchev–Trinajstić information content (AvgIpc) is 3.32. The van der Waals surface area contributed by atoms with Crippen molar-refractivity contribution in [2.75, 3.05) is 5.32 Å². The second-order valence-corrected chi connectivity index (χ2v) is 7.49. The third-order valence-corrected chi connectivity index (χ3v) is 5.42. The predicted molar refractivity (Wildman–Crippen MR) is 105 cm³/mol. The second kappa shape index (κ2) is 5.36. The Hall–Kier alpha value is -2.31. The molecule has 1 aliphatic carbocycles. The number of para-hydroxylation sites is 2. The number of benzene rings is 2. The van der Waals surface area contributed by atoms with Crippen molar-refractivity contribution < 1.29 is 0 Å². The van der Waals surface area contributed by atoms with Crippen LogP contribution < -0.4 is 10.6 Å². The van der Waals surface area contributed by atoms with Crippen LogP contribution in [0.25, 0.3) is 31.5 Å². The number of hydrogen-bond donors (Lipinski definition) is 2. The Morgan fingerprint density at radius 1 is 1.08 bits per heavy atom. The summed E-state index contributed by atoms with van der Waals surface area (Å²) in [4.78, 5) is 10.5. The normalized spacial score (nSPS) is 14.3. The van der Waals surface area contributed by atoms with Gasteiger partial charge in [0.05, 0.1) is 11.0 Å². The van der Waals surface area contributed by atoms with Gasteiger partial charge in [-0.3, -0.25) is 0 Å². The Balaban J connectivity index is 1.60. The van der Waals surface area contributed by atoms with Crippen LogP contribution in [-0.4, -0.2) is 21.1 Å². The van der Waals surface area contributed by atoms with Gasteiger partial charge in [0, 0.05) is 21.8 Å². The summed E-state index contributed by atoms with van der Waals surface area (Å²) >= 11 is 7.04. The first-order valence-corrected chi connectivity index (χ1v) is 9.15. The second-order valence-electron chi connectivity index (χ2n) is 6.05. The van der Waals surface area contributed by atoms with Gasteiger partial charge in [-0.15, -0.1) is 11.3 Å². The number of aromatic nitrogens is 2. The van der Waals surface area contributed by atoms with Crippen molar-refractivity contribution in [2.45, 2.75) is 18.9 Å². The van der Waals surface area contributed by atoms with Gasteiger partial charge in [0.15, 0.2) is 5.11 Å². The van der Waals surface area contributed by atoms with Crippen molar-refractivity contribution in [3.05, 3.63) is 42.5 Å². The minimum absolute atomic E-state index is 0.549. The summed E-state index contributed by atoms with van der Waals surface area (Å²) in [5, 5.41) is 8.38. The van der Waals surface area contributed by atoms with Crippen molar-refractivity contribution in [2.24, 2.45) is 0 Å². The van der Waals surface area contributed by atoms with Crippen LogP contribution in [0.1, 0.15) is 12.8 Å². The van der Waals surface area contributed by atoms with E-state index in [1.54, 1.807) is 11.3 Å². The molecule has 1 saturated carbocycles. The van der Waals surface area contributed by atoms with E-state index in [0.717, 1.165) is 32.5 Å². The quantitative estimate of drug-likeness (QED) is 0.523. The van der Waals surface area contributed by atoms with Crippen molar-refractivity contribution in [3.63, 3.8) is 0 Å². The molecule has 4 aromatic rings. The minimum atomic E-state index is 0.549. The maximum Gasteiger partial charge on any atom is 0.170 e. The Bertz CT molecular complexity index is 1100. The zero-order valence-electron chi connectivity index (χ0n) is 12.7. The maximum absolute atomic E-state index is 5.37. The molecule has 0 unspecified atom stereocenters. The summed E-state index contributed by atoms with van der Waals surface area (Å²) in [6.45, 7) is 0. The van der Waals surface area contributed by atoms with Gasteiger partial charge in [0.2, 0.25) is 0 Å². The lowest BCUT2D eigenvalue weighted by Gasteiger charge is -2.09. The number of thiophene rings is 1. The fourth-order valence-electron chi connectivity index (χ4n) is 2.80. The molecule has 0 amide bonds. The highest BCUT2D eigenvalue weighted by molar-refractivity contribution is 7.80. The molecule has 5 rings (SSSR count). The predicted octanol–water partition coefficient (Wildman–Crippen LogP) is 4.45. The van der Waals surface area contributed by atoms with Crippen LogP contribution in [0, 0.1) is 0 Å². The standard InChI is InChI=1S/C18H14N4S2/c23-18(19-10-5-6-10)20-11-7-8-15-12(9-11)16-17(24-15)22-14-4-2-1-3-13(14)21-16/h1-4,7-10H,5-6H2,(H2,19,20,23). The highest BCUT2D eigenvalue weighted by atomic mass is 32.1. The van der Waals surface area contributed by atoms with Crippen molar-refractivity contribution in [1.82, 2.24) is 15.3 Å². The van der Waals surface area contributed by atoms with Gasteiger partial charge in [-0.2, -0.15) is 0 Å². The molecule has 1 fully saturated rings. The number of nitrogens with one attached hydrogen (secondary N) is 2. The van der Waals surface area contributed by atoms with Crippen molar-refractivity contribution in [1.29, 1.82) is 0 Å². The lowest BCUT2D eigenvalue weighted by atomic mass is 10.2. The van der Waals surface area contributed by atoms with Crippen LogP contribution in [0.3, 0.4) is 0 Å². The molecule has 0 aliphatic heterocycles. The summed E-state index contributed by atoms with van der Waals surface area (Å²) in [5.41, 5.74) is 3.80. The number of anilines is 1. The number of fused-ring (bicyclic) bond motifs is 4.